The molecule has 1 aliphatic rings. The third-order valence-corrected chi connectivity index (χ3v) is 3.89. The molecule has 0 aliphatic carbocycles. The third kappa shape index (κ3) is 2.34. The summed E-state index contributed by atoms with van der Waals surface area (Å²) in [6, 6.07) is 8.63. The van der Waals surface area contributed by atoms with Crippen molar-refractivity contribution in [3.63, 3.8) is 0 Å². The summed E-state index contributed by atoms with van der Waals surface area (Å²) >= 11 is 0. The van der Waals surface area contributed by atoms with Crippen LogP contribution in [0, 0.1) is 6.92 Å². The Bertz CT molecular complexity index is 588. The van der Waals surface area contributed by atoms with Gasteiger partial charge in [-0.05, 0) is 37.9 Å². The van der Waals surface area contributed by atoms with E-state index >= 15 is 0 Å². The summed E-state index contributed by atoms with van der Waals surface area (Å²) < 4.78 is 11.4. The number of aryl methyl sites for hydroxylation is 2. The third-order valence-electron chi connectivity index (χ3n) is 3.89. The monoisotopic (exact) mass is 271 g/mol. The Balaban J connectivity index is 2.06. The first kappa shape index (κ1) is 13.3. The fourth-order valence-corrected chi connectivity index (χ4v) is 2.93. The molecule has 0 bridgehead atoms. The van der Waals surface area contributed by atoms with Crippen molar-refractivity contribution in [1.29, 1.82) is 0 Å². The molecule has 1 atom stereocenters. The number of para-hydroxylation sites is 1. The molecule has 20 heavy (non-hydrogen) atoms. The standard InChI is InChI=1S/C17H21NO2/c1-3-18-16(14-9-11-19-12(14)2)15-8-4-6-13-7-5-10-20-17(13)15/h4,6,8-9,11,16,18H,3,5,7,10H2,1-2H3. The van der Waals surface area contributed by atoms with Crippen LogP contribution < -0.4 is 10.1 Å². The summed E-state index contributed by atoms with van der Waals surface area (Å²) in [5.74, 6) is 2.02. The van der Waals surface area contributed by atoms with Gasteiger partial charge < -0.3 is 14.5 Å². The lowest BCUT2D eigenvalue weighted by Crippen LogP contribution is -2.24. The van der Waals surface area contributed by atoms with E-state index in [1.165, 1.54) is 16.7 Å². The van der Waals surface area contributed by atoms with Crippen LogP contribution in [0.2, 0.25) is 0 Å². The van der Waals surface area contributed by atoms with Crippen molar-refractivity contribution in [3.05, 3.63) is 53.0 Å². The van der Waals surface area contributed by atoms with Crippen LogP contribution >= 0.6 is 0 Å². The van der Waals surface area contributed by atoms with Crippen molar-refractivity contribution >= 4 is 0 Å². The van der Waals surface area contributed by atoms with Crippen LogP contribution in [0.5, 0.6) is 5.75 Å². The number of furan rings is 1. The number of nitrogens with one attached hydrogen (secondary N) is 1. The molecule has 3 nitrogen and oxygen atoms in total. The summed E-state index contributed by atoms with van der Waals surface area (Å²) in [6.45, 7) is 5.85. The van der Waals surface area contributed by atoms with Gasteiger partial charge in [-0.3, -0.25) is 0 Å². The molecule has 0 spiro atoms. The van der Waals surface area contributed by atoms with E-state index in [0.717, 1.165) is 37.5 Å². The van der Waals surface area contributed by atoms with Gasteiger partial charge in [0.05, 0.1) is 18.9 Å². The first-order valence-corrected chi connectivity index (χ1v) is 7.33. The largest absolute Gasteiger partial charge is 0.493 e. The van der Waals surface area contributed by atoms with Gasteiger partial charge in [0.15, 0.2) is 0 Å². The zero-order chi connectivity index (χ0) is 13.9. The number of hydrogen-bond donors (Lipinski definition) is 1. The summed E-state index contributed by atoms with van der Waals surface area (Å²) in [6.07, 6.45) is 3.96. The minimum absolute atomic E-state index is 0.131. The van der Waals surface area contributed by atoms with Crippen LogP contribution in [-0.4, -0.2) is 13.2 Å². The van der Waals surface area contributed by atoms with Gasteiger partial charge in [-0.1, -0.05) is 25.1 Å². The lowest BCUT2D eigenvalue weighted by molar-refractivity contribution is 0.283. The number of rotatable bonds is 4. The predicted molar refractivity (Wildman–Crippen MR) is 79.2 cm³/mol. The molecule has 0 saturated carbocycles. The van der Waals surface area contributed by atoms with Crippen LogP contribution in [0.25, 0.3) is 0 Å². The highest BCUT2D eigenvalue weighted by Gasteiger charge is 2.23. The van der Waals surface area contributed by atoms with Gasteiger partial charge in [-0.15, -0.1) is 0 Å². The van der Waals surface area contributed by atoms with Gasteiger partial charge in [0.25, 0.3) is 0 Å². The average Bonchev–Trinajstić information content (AvgIpc) is 2.90. The second-order valence-corrected chi connectivity index (χ2v) is 5.21. The maximum atomic E-state index is 5.95. The highest BCUT2D eigenvalue weighted by atomic mass is 16.5. The SMILES string of the molecule is CCNC(c1ccoc1C)c1cccc2c1OCCC2. The number of hydrogen-bond acceptors (Lipinski definition) is 3. The second-order valence-electron chi connectivity index (χ2n) is 5.21. The normalized spacial score (nSPS) is 15.5. The Morgan fingerprint density at radius 1 is 1.25 bits per heavy atom. The van der Waals surface area contributed by atoms with Crippen LogP contribution in [0.15, 0.2) is 34.9 Å². The number of fused-ring (bicyclic) bond motifs is 1. The predicted octanol–water partition coefficient (Wildman–Crippen LogP) is 3.61. The molecule has 0 radical (unpaired) electrons. The fourth-order valence-electron chi connectivity index (χ4n) is 2.93. The van der Waals surface area contributed by atoms with Crippen molar-refractivity contribution in [3.8, 4) is 5.75 Å². The molecule has 1 aliphatic heterocycles. The van der Waals surface area contributed by atoms with E-state index in [9.17, 15) is 0 Å². The molecule has 3 rings (SSSR count). The van der Waals surface area contributed by atoms with E-state index in [4.69, 9.17) is 9.15 Å². The molecule has 1 aromatic carbocycles. The Labute approximate surface area is 119 Å². The summed E-state index contributed by atoms with van der Waals surface area (Å²) in [4.78, 5) is 0. The molecule has 2 heterocycles. The highest BCUT2D eigenvalue weighted by Crippen LogP contribution is 2.36. The molecule has 1 aromatic heterocycles. The van der Waals surface area contributed by atoms with Crippen LogP contribution in [0.4, 0.5) is 0 Å². The molecule has 1 N–H and O–H groups in total. The van der Waals surface area contributed by atoms with Crippen LogP contribution in [0.1, 0.15) is 41.8 Å². The van der Waals surface area contributed by atoms with Gasteiger partial charge in [0, 0.05) is 11.1 Å². The minimum Gasteiger partial charge on any atom is -0.493 e. The number of ether oxygens (including phenoxy) is 1. The van der Waals surface area contributed by atoms with E-state index in [1.54, 1.807) is 6.26 Å². The van der Waals surface area contributed by atoms with Crippen molar-refractivity contribution in [2.45, 2.75) is 32.7 Å². The van der Waals surface area contributed by atoms with E-state index in [-0.39, 0.29) is 6.04 Å². The summed E-state index contributed by atoms with van der Waals surface area (Å²) in [5.41, 5.74) is 3.72. The average molecular weight is 271 g/mol. The second kappa shape index (κ2) is 5.71. The van der Waals surface area contributed by atoms with Crippen molar-refractivity contribution in [2.75, 3.05) is 13.2 Å². The summed E-state index contributed by atoms with van der Waals surface area (Å²) in [5, 5.41) is 3.55. The molecule has 0 fully saturated rings. The lowest BCUT2D eigenvalue weighted by atomic mass is 9.94. The fraction of sp³-hybridized carbons (Fsp3) is 0.412. The van der Waals surface area contributed by atoms with Gasteiger partial charge >= 0.3 is 0 Å². The smallest absolute Gasteiger partial charge is 0.127 e. The highest BCUT2D eigenvalue weighted by molar-refractivity contribution is 5.48. The topological polar surface area (TPSA) is 34.4 Å². The van der Waals surface area contributed by atoms with E-state index in [0.29, 0.717) is 0 Å². The molecule has 1 unspecified atom stereocenters. The molecule has 106 valence electrons. The van der Waals surface area contributed by atoms with Gasteiger partial charge in [-0.25, -0.2) is 0 Å². The summed E-state index contributed by atoms with van der Waals surface area (Å²) in [7, 11) is 0. The Morgan fingerprint density at radius 3 is 2.90 bits per heavy atom. The zero-order valence-corrected chi connectivity index (χ0v) is 12.1. The first-order valence-electron chi connectivity index (χ1n) is 7.33. The molecule has 3 heteroatoms. The van der Waals surface area contributed by atoms with Crippen molar-refractivity contribution < 1.29 is 9.15 Å². The van der Waals surface area contributed by atoms with Crippen molar-refractivity contribution in [1.82, 2.24) is 5.32 Å². The molecule has 0 saturated heterocycles. The van der Waals surface area contributed by atoms with E-state index in [1.807, 2.05) is 13.0 Å². The Kier molecular flexibility index (Phi) is 3.79. The molecular formula is C17H21NO2. The van der Waals surface area contributed by atoms with Crippen LogP contribution in [0.3, 0.4) is 0 Å². The quantitative estimate of drug-likeness (QED) is 0.922. The molecule has 2 aromatic rings. The van der Waals surface area contributed by atoms with Crippen LogP contribution in [-0.2, 0) is 6.42 Å². The van der Waals surface area contributed by atoms with E-state index < -0.39 is 0 Å². The molecular weight excluding hydrogens is 250 g/mol. The Hall–Kier alpha value is -1.74. The lowest BCUT2D eigenvalue weighted by Gasteiger charge is -2.25. The maximum absolute atomic E-state index is 5.95. The first-order chi connectivity index (χ1) is 9.81. The van der Waals surface area contributed by atoms with Gasteiger partial charge in [0.1, 0.15) is 11.5 Å². The number of benzene rings is 1. The van der Waals surface area contributed by atoms with Gasteiger partial charge in [-0.2, -0.15) is 0 Å². The minimum atomic E-state index is 0.131. The van der Waals surface area contributed by atoms with E-state index in [2.05, 4.69) is 30.4 Å². The molecule has 0 amide bonds. The maximum Gasteiger partial charge on any atom is 0.127 e. The Morgan fingerprint density at radius 2 is 2.15 bits per heavy atom. The zero-order valence-electron chi connectivity index (χ0n) is 12.1. The van der Waals surface area contributed by atoms with Crippen molar-refractivity contribution in [2.24, 2.45) is 0 Å². The van der Waals surface area contributed by atoms with Gasteiger partial charge in [0.2, 0.25) is 0 Å².